The largest absolute Gasteiger partial charge is 0.475 e. The van der Waals surface area contributed by atoms with Crippen LogP contribution in [0.2, 0.25) is 0 Å². The van der Waals surface area contributed by atoms with Crippen molar-refractivity contribution >= 4 is 28.3 Å². The molecule has 0 radical (unpaired) electrons. The lowest BCUT2D eigenvalue weighted by molar-refractivity contribution is 0.269. The molecule has 152 valence electrons. The van der Waals surface area contributed by atoms with Crippen LogP contribution in [0.1, 0.15) is 33.7 Å². The van der Waals surface area contributed by atoms with Crippen molar-refractivity contribution in [1.29, 1.82) is 0 Å². The maximum Gasteiger partial charge on any atom is 0.255 e. The number of hydrogen-bond acceptors (Lipinski definition) is 9. The van der Waals surface area contributed by atoms with E-state index in [0.29, 0.717) is 11.6 Å². The Morgan fingerprint density at radius 3 is 2.90 bits per heavy atom. The molecule has 1 aliphatic carbocycles. The number of halogens is 1. The van der Waals surface area contributed by atoms with Gasteiger partial charge >= 0.3 is 0 Å². The Balaban J connectivity index is 1.27. The summed E-state index contributed by atoms with van der Waals surface area (Å²) in [7, 11) is 0. The molecule has 0 bridgehead atoms. The zero-order chi connectivity index (χ0) is 20.7. The van der Waals surface area contributed by atoms with E-state index < -0.39 is 5.82 Å². The van der Waals surface area contributed by atoms with Crippen LogP contribution in [0.5, 0.6) is 5.88 Å². The van der Waals surface area contributed by atoms with E-state index in [1.54, 1.807) is 6.20 Å². The van der Waals surface area contributed by atoms with Crippen LogP contribution in [0.3, 0.4) is 0 Å². The van der Waals surface area contributed by atoms with Gasteiger partial charge in [0, 0.05) is 30.1 Å². The van der Waals surface area contributed by atoms with Crippen molar-refractivity contribution in [3.05, 3.63) is 57.7 Å². The summed E-state index contributed by atoms with van der Waals surface area (Å²) in [5.74, 6) is -0.236. The SMILES string of the molecule is Cc1nnc(Cc2nc(N)nc(OCC3CC3c3ccc4ncccc4n3)c2F)s1. The minimum Gasteiger partial charge on any atom is -0.475 e. The molecule has 8 nitrogen and oxygen atoms in total. The van der Waals surface area contributed by atoms with Gasteiger partial charge in [-0.15, -0.1) is 21.5 Å². The fraction of sp³-hybridized carbons (Fsp3) is 0.300. The number of nitrogens with two attached hydrogens (primary N) is 1. The van der Waals surface area contributed by atoms with E-state index in [2.05, 4.69) is 30.1 Å². The van der Waals surface area contributed by atoms with Crippen molar-refractivity contribution in [3.63, 3.8) is 0 Å². The van der Waals surface area contributed by atoms with Crippen LogP contribution in [0.4, 0.5) is 10.3 Å². The smallest absolute Gasteiger partial charge is 0.255 e. The number of anilines is 1. The summed E-state index contributed by atoms with van der Waals surface area (Å²) in [5.41, 5.74) is 8.65. The average Bonchev–Trinajstić information content (AvgIpc) is 3.41. The molecule has 4 heterocycles. The zero-order valence-corrected chi connectivity index (χ0v) is 16.9. The molecule has 4 aromatic rings. The second-order valence-corrected chi connectivity index (χ2v) is 8.50. The van der Waals surface area contributed by atoms with Crippen LogP contribution in [-0.2, 0) is 6.42 Å². The molecule has 0 aromatic carbocycles. The summed E-state index contributed by atoms with van der Waals surface area (Å²) in [6.45, 7) is 2.18. The van der Waals surface area contributed by atoms with Crippen molar-refractivity contribution < 1.29 is 9.13 Å². The molecule has 5 rings (SSSR count). The Morgan fingerprint density at radius 1 is 1.17 bits per heavy atom. The summed E-state index contributed by atoms with van der Waals surface area (Å²) >= 11 is 1.39. The molecule has 1 saturated carbocycles. The number of hydrogen-bond donors (Lipinski definition) is 1. The fourth-order valence-corrected chi connectivity index (χ4v) is 4.13. The first-order chi connectivity index (χ1) is 14.6. The molecule has 0 aliphatic heterocycles. The molecule has 0 amide bonds. The molecular weight excluding hydrogens is 405 g/mol. The van der Waals surface area contributed by atoms with Gasteiger partial charge in [0.2, 0.25) is 11.8 Å². The predicted octanol–water partition coefficient (Wildman–Crippen LogP) is 3.07. The Morgan fingerprint density at radius 2 is 2.07 bits per heavy atom. The maximum absolute atomic E-state index is 14.8. The van der Waals surface area contributed by atoms with Gasteiger partial charge in [-0.3, -0.25) is 9.97 Å². The van der Waals surface area contributed by atoms with E-state index in [9.17, 15) is 4.39 Å². The second kappa shape index (κ2) is 7.52. The van der Waals surface area contributed by atoms with Crippen LogP contribution in [-0.4, -0.2) is 36.7 Å². The second-order valence-electron chi connectivity index (χ2n) is 7.23. The number of fused-ring (bicyclic) bond motifs is 1. The lowest BCUT2D eigenvalue weighted by atomic mass is 10.2. The summed E-state index contributed by atoms with van der Waals surface area (Å²) < 4.78 is 20.5. The Bertz CT molecular complexity index is 1230. The first-order valence-corrected chi connectivity index (χ1v) is 10.3. The molecule has 4 aromatic heterocycles. The highest BCUT2D eigenvalue weighted by Crippen LogP contribution is 2.47. The molecule has 10 heteroatoms. The zero-order valence-electron chi connectivity index (χ0n) is 16.1. The Labute approximate surface area is 175 Å². The lowest BCUT2D eigenvalue weighted by Crippen LogP contribution is -2.10. The first kappa shape index (κ1) is 18.7. The number of nitrogens with zero attached hydrogens (tertiary/aromatic N) is 6. The molecule has 0 saturated heterocycles. The van der Waals surface area contributed by atoms with Crippen molar-refractivity contribution in [2.24, 2.45) is 5.92 Å². The molecule has 1 fully saturated rings. The number of rotatable bonds is 6. The minimum atomic E-state index is -0.607. The van der Waals surface area contributed by atoms with E-state index in [-0.39, 0.29) is 35.8 Å². The number of ether oxygens (including phenoxy) is 1. The summed E-state index contributed by atoms with van der Waals surface area (Å²) in [4.78, 5) is 16.9. The minimum absolute atomic E-state index is 0.0290. The lowest BCUT2D eigenvalue weighted by Gasteiger charge is -2.09. The van der Waals surface area contributed by atoms with E-state index >= 15 is 0 Å². The molecule has 30 heavy (non-hydrogen) atoms. The van der Waals surface area contributed by atoms with Crippen LogP contribution >= 0.6 is 11.3 Å². The van der Waals surface area contributed by atoms with Gasteiger partial charge in [0.15, 0.2) is 0 Å². The maximum atomic E-state index is 14.8. The number of aromatic nitrogens is 6. The Kier molecular flexibility index (Phi) is 4.70. The monoisotopic (exact) mass is 423 g/mol. The van der Waals surface area contributed by atoms with Gasteiger partial charge in [-0.1, -0.05) is 0 Å². The highest BCUT2D eigenvalue weighted by atomic mass is 32.1. The van der Waals surface area contributed by atoms with Crippen LogP contribution in [0, 0.1) is 18.7 Å². The standard InChI is InChI=1S/C20H18FN7OS/c1-10-27-28-17(30-10)8-16-18(21)19(26-20(22)25-16)29-9-11-7-12(11)13-4-5-14-15(24-13)3-2-6-23-14/h2-6,11-12H,7-9H2,1H3,(H2,22,25,26). The first-order valence-electron chi connectivity index (χ1n) is 9.52. The van der Waals surface area contributed by atoms with Crippen molar-refractivity contribution in [1.82, 2.24) is 30.1 Å². The third kappa shape index (κ3) is 3.78. The van der Waals surface area contributed by atoms with Gasteiger partial charge < -0.3 is 10.5 Å². The molecule has 1 aliphatic rings. The van der Waals surface area contributed by atoms with Crippen molar-refractivity contribution in [2.75, 3.05) is 12.3 Å². The number of nitrogen functional groups attached to an aromatic ring is 1. The Hall–Kier alpha value is -3.27. The molecule has 0 spiro atoms. The molecule has 2 unspecified atom stereocenters. The summed E-state index contributed by atoms with van der Waals surface area (Å²) in [6.07, 6.45) is 2.87. The highest BCUT2D eigenvalue weighted by Gasteiger charge is 2.40. The molecule has 2 atom stereocenters. The fourth-order valence-electron chi connectivity index (χ4n) is 3.41. The van der Waals surface area contributed by atoms with Gasteiger partial charge in [-0.2, -0.15) is 9.37 Å². The average molecular weight is 423 g/mol. The number of aryl methyl sites for hydroxylation is 1. The van der Waals surface area contributed by atoms with Gasteiger partial charge in [0.1, 0.15) is 10.0 Å². The van der Waals surface area contributed by atoms with E-state index in [4.69, 9.17) is 10.5 Å². The van der Waals surface area contributed by atoms with Crippen LogP contribution in [0.15, 0.2) is 30.5 Å². The third-order valence-corrected chi connectivity index (χ3v) is 5.85. The molecule has 2 N–H and O–H groups in total. The van der Waals surface area contributed by atoms with E-state index in [0.717, 1.165) is 28.2 Å². The molecular formula is C20H18FN7OS. The van der Waals surface area contributed by atoms with Crippen LogP contribution < -0.4 is 10.5 Å². The third-order valence-electron chi connectivity index (χ3n) is 5.01. The van der Waals surface area contributed by atoms with Gasteiger partial charge in [-0.05, 0) is 37.6 Å². The number of pyridine rings is 2. The van der Waals surface area contributed by atoms with Crippen molar-refractivity contribution in [2.45, 2.75) is 25.7 Å². The predicted molar refractivity (Wildman–Crippen MR) is 110 cm³/mol. The summed E-state index contributed by atoms with van der Waals surface area (Å²) in [6, 6.07) is 7.78. The van der Waals surface area contributed by atoms with Crippen molar-refractivity contribution in [3.8, 4) is 5.88 Å². The van der Waals surface area contributed by atoms with Gasteiger partial charge in [0.25, 0.3) is 5.88 Å². The van der Waals surface area contributed by atoms with Gasteiger partial charge in [0.05, 0.1) is 23.3 Å². The van der Waals surface area contributed by atoms with E-state index in [1.165, 1.54) is 11.3 Å². The highest BCUT2D eigenvalue weighted by molar-refractivity contribution is 7.11. The van der Waals surface area contributed by atoms with Crippen LogP contribution in [0.25, 0.3) is 11.0 Å². The van der Waals surface area contributed by atoms with E-state index in [1.807, 2.05) is 31.2 Å². The topological polar surface area (TPSA) is 113 Å². The quantitative estimate of drug-likeness (QED) is 0.503. The summed E-state index contributed by atoms with van der Waals surface area (Å²) in [5, 5.41) is 9.42. The normalized spacial score (nSPS) is 17.9. The van der Waals surface area contributed by atoms with Gasteiger partial charge in [-0.25, -0.2) is 4.98 Å².